The van der Waals surface area contributed by atoms with Gasteiger partial charge in [0.2, 0.25) is 0 Å². The van der Waals surface area contributed by atoms with Crippen molar-refractivity contribution in [2.45, 2.75) is 31.5 Å². The number of aromatic nitrogens is 4. The molecule has 16 heavy (non-hydrogen) atoms. The van der Waals surface area contributed by atoms with Crippen molar-refractivity contribution in [3.05, 3.63) is 11.0 Å². The molecule has 3 heterocycles. The molecule has 0 aromatic carbocycles. The Morgan fingerprint density at radius 1 is 1.31 bits per heavy atom. The first-order valence-electron chi connectivity index (χ1n) is 5.05. The lowest BCUT2D eigenvalue weighted by molar-refractivity contribution is 0.404. The summed E-state index contributed by atoms with van der Waals surface area (Å²) in [4.78, 5) is 13.1. The first-order valence-corrected chi connectivity index (χ1v) is 6.41. The van der Waals surface area contributed by atoms with Gasteiger partial charge in [-0.15, -0.1) is 0 Å². The second-order valence-corrected chi connectivity index (χ2v) is 5.87. The topological polar surface area (TPSA) is 43.6 Å². The molecule has 0 atom stereocenters. The molecular formula is C10H11ClN4S. The van der Waals surface area contributed by atoms with E-state index in [0.717, 1.165) is 16.6 Å². The van der Waals surface area contributed by atoms with Crippen molar-refractivity contribution in [2.24, 2.45) is 0 Å². The van der Waals surface area contributed by atoms with Crippen LogP contribution in [0.25, 0.3) is 11.2 Å². The minimum absolute atomic E-state index is 0.0405. The molecule has 1 aliphatic rings. The molecule has 0 bridgehead atoms. The summed E-state index contributed by atoms with van der Waals surface area (Å²) in [5, 5.41) is 1.43. The molecule has 0 spiro atoms. The van der Waals surface area contributed by atoms with Gasteiger partial charge in [-0.3, -0.25) is 4.57 Å². The van der Waals surface area contributed by atoms with Gasteiger partial charge in [0.25, 0.3) is 0 Å². The maximum absolute atomic E-state index is 6.09. The van der Waals surface area contributed by atoms with E-state index in [1.165, 1.54) is 0 Å². The van der Waals surface area contributed by atoms with E-state index in [0.29, 0.717) is 16.5 Å². The van der Waals surface area contributed by atoms with Crippen LogP contribution in [0.1, 0.15) is 19.7 Å². The standard InChI is InChI=1S/C10H11ClN4S/c1-5-12-7(11)6-8(13-5)15-9(14-6)16-4-10(15,2)3/h4H2,1-3H3. The Hall–Kier alpha value is -0.810. The van der Waals surface area contributed by atoms with E-state index in [1.807, 2.05) is 6.92 Å². The van der Waals surface area contributed by atoms with Crippen molar-refractivity contribution in [2.75, 3.05) is 5.75 Å². The zero-order valence-corrected chi connectivity index (χ0v) is 10.9. The van der Waals surface area contributed by atoms with Crippen LogP contribution in [0.4, 0.5) is 0 Å². The fourth-order valence-corrected chi connectivity index (χ4v) is 3.43. The van der Waals surface area contributed by atoms with Gasteiger partial charge < -0.3 is 0 Å². The van der Waals surface area contributed by atoms with E-state index in [2.05, 4.69) is 33.4 Å². The predicted molar refractivity (Wildman–Crippen MR) is 65.1 cm³/mol. The van der Waals surface area contributed by atoms with Crippen LogP contribution in [0.15, 0.2) is 5.16 Å². The van der Waals surface area contributed by atoms with Crippen molar-refractivity contribution in [3.8, 4) is 0 Å². The van der Waals surface area contributed by atoms with Gasteiger partial charge in [-0.25, -0.2) is 15.0 Å². The van der Waals surface area contributed by atoms with Crippen molar-refractivity contribution >= 4 is 34.5 Å². The summed E-state index contributed by atoms with van der Waals surface area (Å²) in [6.45, 7) is 6.21. The average Bonchev–Trinajstić information content (AvgIpc) is 2.66. The van der Waals surface area contributed by atoms with Gasteiger partial charge in [0, 0.05) is 5.75 Å². The van der Waals surface area contributed by atoms with Crippen LogP contribution in [0.5, 0.6) is 0 Å². The zero-order chi connectivity index (χ0) is 11.5. The molecule has 0 unspecified atom stereocenters. The predicted octanol–water partition coefficient (Wildman–Crippen LogP) is 2.63. The van der Waals surface area contributed by atoms with Crippen LogP contribution in [0.3, 0.4) is 0 Å². The van der Waals surface area contributed by atoms with Crippen LogP contribution >= 0.6 is 23.4 Å². The number of aryl methyl sites for hydroxylation is 1. The van der Waals surface area contributed by atoms with Crippen LogP contribution in [-0.4, -0.2) is 25.3 Å². The molecule has 3 rings (SSSR count). The quantitative estimate of drug-likeness (QED) is 0.678. The van der Waals surface area contributed by atoms with Gasteiger partial charge in [-0.05, 0) is 20.8 Å². The number of halogens is 1. The highest BCUT2D eigenvalue weighted by atomic mass is 35.5. The maximum Gasteiger partial charge on any atom is 0.171 e. The minimum Gasteiger partial charge on any atom is -0.297 e. The minimum atomic E-state index is 0.0405. The Balaban J connectivity index is 2.43. The van der Waals surface area contributed by atoms with E-state index in [4.69, 9.17) is 11.6 Å². The summed E-state index contributed by atoms with van der Waals surface area (Å²) >= 11 is 7.83. The van der Waals surface area contributed by atoms with Gasteiger partial charge in [0.05, 0.1) is 5.54 Å². The molecular weight excluding hydrogens is 244 g/mol. The molecule has 4 nitrogen and oxygen atoms in total. The summed E-state index contributed by atoms with van der Waals surface area (Å²) in [7, 11) is 0. The second-order valence-electron chi connectivity index (χ2n) is 4.56. The van der Waals surface area contributed by atoms with Crippen molar-refractivity contribution in [1.82, 2.24) is 19.5 Å². The van der Waals surface area contributed by atoms with E-state index >= 15 is 0 Å². The van der Waals surface area contributed by atoms with E-state index in [9.17, 15) is 0 Å². The number of nitrogens with zero attached hydrogens (tertiary/aromatic N) is 4. The highest BCUT2D eigenvalue weighted by Gasteiger charge is 2.34. The highest BCUT2D eigenvalue weighted by Crippen LogP contribution is 2.40. The zero-order valence-electron chi connectivity index (χ0n) is 9.28. The summed E-state index contributed by atoms with van der Waals surface area (Å²) < 4.78 is 2.16. The fourth-order valence-electron chi connectivity index (χ4n) is 1.95. The number of fused-ring (bicyclic) bond motifs is 3. The molecule has 0 fully saturated rings. The van der Waals surface area contributed by atoms with E-state index < -0.39 is 0 Å². The van der Waals surface area contributed by atoms with E-state index in [-0.39, 0.29) is 5.54 Å². The summed E-state index contributed by atoms with van der Waals surface area (Å²) in [6, 6.07) is 0. The Morgan fingerprint density at radius 2 is 2.06 bits per heavy atom. The SMILES string of the molecule is Cc1nc(Cl)c2nc3n(c2n1)C(C)(C)CS3. The highest BCUT2D eigenvalue weighted by molar-refractivity contribution is 7.99. The molecule has 0 saturated carbocycles. The molecule has 0 N–H and O–H groups in total. The lowest BCUT2D eigenvalue weighted by Crippen LogP contribution is -2.24. The van der Waals surface area contributed by atoms with Crippen molar-refractivity contribution in [3.63, 3.8) is 0 Å². The Kier molecular flexibility index (Phi) is 2.01. The monoisotopic (exact) mass is 254 g/mol. The van der Waals surface area contributed by atoms with Crippen LogP contribution in [0.2, 0.25) is 5.15 Å². The number of hydrogen-bond donors (Lipinski definition) is 0. The third-order valence-corrected chi connectivity index (χ3v) is 4.35. The number of hydrogen-bond acceptors (Lipinski definition) is 4. The van der Waals surface area contributed by atoms with Crippen LogP contribution in [0, 0.1) is 6.92 Å². The molecule has 2 aromatic heterocycles. The molecule has 1 aliphatic heterocycles. The smallest absolute Gasteiger partial charge is 0.171 e. The van der Waals surface area contributed by atoms with Crippen molar-refractivity contribution in [1.29, 1.82) is 0 Å². The average molecular weight is 255 g/mol. The number of rotatable bonds is 0. The summed E-state index contributed by atoms with van der Waals surface area (Å²) in [6.07, 6.45) is 0. The molecule has 0 amide bonds. The molecule has 84 valence electrons. The third-order valence-electron chi connectivity index (χ3n) is 2.71. The second kappa shape index (κ2) is 3.11. The van der Waals surface area contributed by atoms with E-state index in [1.54, 1.807) is 11.8 Å². The normalized spacial score (nSPS) is 18.0. The molecule has 6 heteroatoms. The number of thioether (sulfide) groups is 1. The lowest BCUT2D eigenvalue weighted by Gasteiger charge is -2.19. The molecule has 2 aromatic rings. The Labute approximate surface area is 102 Å². The summed E-state index contributed by atoms with van der Waals surface area (Å²) in [5.74, 6) is 1.71. The fraction of sp³-hybridized carbons (Fsp3) is 0.500. The first-order chi connectivity index (χ1) is 7.49. The number of imidazole rings is 1. The van der Waals surface area contributed by atoms with Gasteiger partial charge in [0.1, 0.15) is 11.3 Å². The van der Waals surface area contributed by atoms with Gasteiger partial charge in [-0.2, -0.15) is 0 Å². The molecule has 0 aliphatic carbocycles. The molecule has 0 radical (unpaired) electrons. The third kappa shape index (κ3) is 1.28. The van der Waals surface area contributed by atoms with Crippen LogP contribution in [-0.2, 0) is 5.54 Å². The summed E-state index contributed by atoms with van der Waals surface area (Å²) in [5.41, 5.74) is 1.60. The van der Waals surface area contributed by atoms with Crippen LogP contribution < -0.4 is 0 Å². The molecule has 0 saturated heterocycles. The van der Waals surface area contributed by atoms with Gasteiger partial charge >= 0.3 is 0 Å². The first kappa shape index (κ1) is 10.4. The maximum atomic E-state index is 6.09. The van der Waals surface area contributed by atoms with Gasteiger partial charge in [0.15, 0.2) is 16.0 Å². The van der Waals surface area contributed by atoms with Crippen molar-refractivity contribution < 1.29 is 0 Å². The van der Waals surface area contributed by atoms with Gasteiger partial charge in [-0.1, -0.05) is 23.4 Å². The lowest BCUT2D eigenvalue weighted by atomic mass is 10.1. The Bertz CT molecular complexity index is 590. The largest absolute Gasteiger partial charge is 0.297 e. The Morgan fingerprint density at radius 3 is 2.81 bits per heavy atom.